The Morgan fingerprint density at radius 3 is 2.15 bits per heavy atom. The molecule has 26 heavy (non-hydrogen) atoms. The zero-order valence-corrected chi connectivity index (χ0v) is 15.8. The topological polar surface area (TPSA) is 77.8 Å². The Labute approximate surface area is 157 Å². The third kappa shape index (κ3) is 18.4. The highest BCUT2D eigenvalue weighted by Crippen LogP contribution is 2.04. The van der Waals surface area contributed by atoms with Crippen LogP contribution >= 0.6 is 0 Å². The predicted molar refractivity (Wildman–Crippen MR) is 108 cm³/mol. The molecule has 0 rings (SSSR count). The second kappa shape index (κ2) is 17.9. The van der Waals surface area contributed by atoms with Gasteiger partial charge in [0.2, 0.25) is 0 Å². The van der Waals surface area contributed by atoms with Gasteiger partial charge in [-0.05, 0) is 38.5 Å². The molecule has 146 valence electrons. The number of carboxylic acid groups (broad SMARTS) is 1. The van der Waals surface area contributed by atoms with Gasteiger partial charge in [-0.15, -0.1) is 0 Å². The van der Waals surface area contributed by atoms with Crippen LogP contribution in [0.4, 0.5) is 0 Å². The maximum atomic E-state index is 10.4. The lowest BCUT2D eigenvalue weighted by Gasteiger charge is -1.99. The van der Waals surface area contributed by atoms with Gasteiger partial charge in [0.25, 0.3) is 0 Å². The molecule has 0 aromatic heterocycles. The van der Waals surface area contributed by atoms with Crippen LogP contribution in [0.2, 0.25) is 0 Å². The molecule has 4 heteroatoms. The van der Waals surface area contributed by atoms with Crippen molar-refractivity contribution in [1.29, 1.82) is 0 Å². The number of aliphatic carboxylic acids is 1. The molecular weight excluding hydrogens is 328 g/mol. The molecule has 0 aliphatic heterocycles. The summed E-state index contributed by atoms with van der Waals surface area (Å²) in [6, 6.07) is 0. The van der Waals surface area contributed by atoms with Crippen LogP contribution in [0.5, 0.6) is 0 Å². The summed E-state index contributed by atoms with van der Waals surface area (Å²) in [6.07, 6.45) is 24.1. The fraction of sp³-hybridized carbons (Fsp3) is 0.500. The fourth-order valence-electron chi connectivity index (χ4n) is 2.07. The van der Waals surface area contributed by atoms with E-state index in [9.17, 15) is 15.0 Å². The summed E-state index contributed by atoms with van der Waals surface area (Å²) < 4.78 is 0. The molecule has 3 N–H and O–H groups in total. The smallest absolute Gasteiger partial charge is 0.303 e. The quantitative estimate of drug-likeness (QED) is 0.224. The van der Waals surface area contributed by atoms with Crippen molar-refractivity contribution in [2.75, 3.05) is 0 Å². The lowest BCUT2D eigenvalue weighted by molar-refractivity contribution is -0.137. The lowest BCUT2D eigenvalue weighted by atomic mass is 10.1. The van der Waals surface area contributed by atoms with Gasteiger partial charge in [-0.3, -0.25) is 4.79 Å². The third-order valence-electron chi connectivity index (χ3n) is 3.66. The summed E-state index contributed by atoms with van der Waals surface area (Å²) in [5.74, 6) is -0.720. The van der Waals surface area contributed by atoms with E-state index in [4.69, 9.17) is 5.11 Å². The molecule has 4 nitrogen and oxygen atoms in total. The molecular formula is C22H34O4. The fourth-order valence-corrected chi connectivity index (χ4v) is 2.07. The van der Waals surface area contributed by atoms with E-state index in [-0.39, 0.29) is 6.42 Å². The molecule has 0 radical (unpaired) electrons. The van der Waals surface area contributed by atoms with E-state index in [0.29, 0.717) is 12.8 Å². The van der Waals surface area contributed by atoms with Crippen molar-refractivity contribution < 1.29 is 20.1 Å². The summed E-state index contributed by atoms with van der Waals surface area (Å²) >= 11 is 0. The molecule has 0 fully saturated rings. The summed E-state index contributed by atoms with van der Waals surface area (Å²) in [7, 11) is 0. The number of rotatable bonds is 15. The van der Waals surface area contributed by atoms with Crippen molar-refractivity contribution in [1.82, 2.24) is 0 Å². The SMILES string of the molecule is CCC(O)/C=C/C=C\C=C\C(O)C/C=C\C/C=C\CCCCCC(=O)O. The highest BCUT2D eigenvalue weighted by atomic mass is 16.4. The second-order valence-corrected chi connectivity index (χ2v) is 6.10. The highest BCUT2D eigenvalue weighted by Gasteiger charge is 1.95. The molecule has 0 aliphatic rings. The summed E-state index contributed by atoms with van der Waals surface area (Å²) in [6.45, 7) is 1.92. The first-order valence-electron chi connectivity index (χ1n) is 9.45. The number of carboxylic acids is 1. The van der Waals surface area contributed by atoms with Crippen LogP contribution in [0.3, 0.4) is 0 Å². The number of hydrogen-bond acceptors (Lipinski definition) is 3. The van der Waals surface area contributed by atoms with Gasteiger partial charge in [-0.1, -0.05) is 74.1 Å². The van der Waals surface area contributed by atoms with Crippen molar-refractivity contribution >= 4 is 5.97 Å². The maximum Gasteiger partial charge on any atom is 0.303 e. The van der Waals surface area contributed by atoms with Crippen LogP contribution in [0.15, 0.2) is 60.8 Å². The molecule has 2 unspecified atom stereocenters. The number of aliphatic hydroxyl groups excluding tert-OH is 2. The first-order valence-corrected chi connectivity index (χ1v) is 9.45. The molecule has 0 aliphatic carbocycles. The Morgan fingerprint density at radius 1 is 0.846 bits per heavy atom. The van der Waals surface area contributed by atoms with Crippen molar-refractivity contribution in [3.8, 4) is 0 Å². The van der Waals surface area contributed by atoms with Gasteiger partial charge >= 0.3 is 5.97 Å². The number of hydrogen-bond donors (Lipinski definition) is 3. The number of unbranched alkanes of at least 4 members (excludes halogenated alkanes) is 3. The minimum atomic E-state index is -0.720. The Hall–Kier alpha value is -1.91. The van der Waals surface area contributed by atoms with Crippen LogP contribution in [0.1, 0.15) is 58.3 Å². The monoisotopic (exact) mass is 362 g/mol. The van der Waals surface area contributed by atoms with Gasteiger partial charge in [0.05, 0.1) is 12.2 Å². The van der Waals surface area contributed by atoms with Crippen molar-refractivity contribution in [3.63, 3.8) is 0 Å². The molecule has 0 amide bonds. The molecule has 0 aromatic carbocycles. The second-order valence-electron chi connectivity index (χ2n) is 6.10. The molecule has 0 aromatic rings. The minimum absolute atomic E-state index is 0.262. The first kappa shape index (κ1) is 24.1. The summed E-state index contributed by atoms with van der Waals surface area (Å²) in [5.41, 5.74) is 0. The maximum absolute atomic E-state index is 10.4. The Bertz CT molecular complexity index is 486. The van der Waals surface area contributed by atoms with Gasteiger partial charge in [0.15, 0.2) is 0 Å². The van der Waals surface area contributed by atoms with Gasteiger partial charge < -0.3 is 15.3 Å². The minimum Gasteiger partial charge on any atom is -0.481 e. The number of allylic oxidation sites excluding steroid dienone is 7. The lowest BCUT2D eigenvalue weighted by Crippen LogP contribution is -1.98. The van der Waals surface area contributed by atoms with Crippen LogP contribution in [-0.4, -0.2) is 33.5 Å². The molecule has 0 spiro atoms. The molecule has 0 saturated heterocycles. The van der Waals surface area contributed by atoms with E-state index >= 15 is 0 Å². The van der Waals surface area contributed by atoms with E-state index in [1.807, 2.05) is 31.2 Å². The van der Waals surface area contributed by atoms with E-state index in [1.54, 1.807) is 24.3 Å². The van der Waals surface area contributed by atoms with E-state index in [1.165, 1.54) is 0 Å². The van der Waals surface area contributed by atoms with Crippen LogP contribution in [0.25, 0.3) is 0 Å². The molecule has 0 bridgehead atoms. The Balaban J connectivity index is 3.69. The largest absolute Gasteiger partial charge is 0.481 e. The standard InChI is InChI=1S/C22H34O4/c1-2-20(23)16-12-10-11-14-18-21(24)17-13-8-6-4-3-5-7-9-15-19-22(25)26/h3-4,8,10-14,16,18,20-21,23-24H,2,5-7,9,15,17,19H2,1H3,(H,25,26)/b4-3-,11-10-,13-8-,16-12+,18-14+. The predicted octanol–water partition coefficient (Wildman–Crippen LogP) is 4.71. The van der Waals surface area contributed by atoms with Crippen molar-refractivity contribution in [2.45, 2.75) is 70.5 Å². The van der Waals surface area contributed by atoms with Gasteiger partial charge in [-0.25, -0.2) is 0 Å². The zero-order valence-electron chi connectivity index (χ0n) is 15.8. The average Bonchev–Trinajstić information content (AvgIpc) is 2.61. The van der Waals surface area contributed by atoms with Crippen molar-refractivity contribution in [3.05, 3.63) is 60.8 Å². The van der Waals surface area contributed by atoms with Crippen LogP contribution < -0.4 is 0 Å². The number of carbonyl (C=O) groups is 1. The van der Waals surface area contributed by atoms with Gasteiger partial charge in [0.1, 0.15) is 0 Å². The van der Waals surface area contributed by atoms with Gasteiger partial charge in [-0.2, -0.15) is 0 Å². The molecule has 0 heterocycles. The first-order chi connectivity index (χ1) is 12.6. The Kier molecular flexibility index (Phi) is 16.6. The average molecular weight is 363 g/mol. The third-order valence-corrected chi connectivity index (χ3v) is 3.66. The summed E-state index contributed by atoms with van der Waals surface area (Å²) in [5, 5.41) is 27.7. The van der Waals surface area contributed by atoms with Crippen LogP contribution in [-0.2, 0) is 4.79 Å². The molecule has 0 saturated carbocycles. The van der Waals surface area contributed by atoms with E-state index in [0.717, 1.165) is 32.1 Å². The van der Waals surface area contributed by atoms with Crippen molar-refractivity contribution in [2.24, 2.45) is 0 Å². The van der Waals surface area contributed by atoms with Crippen LogP contribution in [0, 0.1) is 0 Å². The van der Waals surface area contributed by atoms with E-state index in [2.05, 4.69) is 12.2 Å². The molecule has 2 atom stereocenters. The van der Waals surface area contributed by atoms with E-state index < -0.39 is 18.2 Å². The normalized spacial score (nSPS) is 15.2. The zero-order chi connectivity index (χ0) is 19.5. The van der Waals surface area contributed by atoms with Gasteiger partial charge in [0, 0.05) is 6.42 Å². The number of aliphatic hydroxyl groups is 2. The highest BCUT2D eigenvalue weighted by molar-refractivity contribution is 5.66. The summed E-state index contributed by atoms with van der Waals surface area (Å²) in [4.78, 5) is 10.4. The Morgan fingerprint density at radius 2 is 1.50 bits per heavy atom.